The summed E-state index contributed by atoms with van der Waals surface area (Å²) in [5, 5.41) is 18.7. The van der Waals surface area contributed by atoms with Gasteiger partial charge in [0.15, 0.2) is 0 Å². The molecule has 3 nitrogen and oxygen atoms in total. The van der Waals surface area contributed by atoms with Crippen molar-refractivity contribution in [1.82, 2.24) is 0 Å². The highest BCUT2D eigenvalue weighted by Gasteiger charge is 2.13. The maximum atomic E-state index is 9.37. The molecule has 0 spiro atoms. The first-order valence-electron chi connectivity index (χ1n) is 6.48. The SMILES string of the molecule is NCCCC(c1ccc(O)cc1)c1ccc(O)cc1. The Balaban J connectivity index is 2.29. The molecule has 0 aliphatic carbocycles. The van der Waals surface area contributed by atoms with Crippen LogP contribution in [0.2, 0.25) is 0 Å². The Labute approximate surface area is 113 Å². The van der Waals surface area contributed by atoms with E-state index < -0.39 is 0 Å². The fourth-order valence-corrected chi connectivity index (χ4v) is 2.26. The highest BCUT2D eigenvalue weighted by Crippen LogP contribution is 2.30. The van der Waals surface area contributed by atoms with Gasteiger partial charge in [-0.25, -0.2) is 0 Å². The number of nitrogens with two attached hydrogens (primary N) is 1. The van der Waals surface area contributed by atoms with Crippen LogP contribution < -0.4 is 5.73 Å². The predicted molar refractivity (Wildman–Crippen MR) is 76.3 cm³/mol. The molecule has 0 saturated heterocycles. The first-order valence-corrected chi connectivity index (χ1v) is 6.48. The van der Waals surface area contributed by atoms with Crippen molar-refractivity contribution in [1.29, 1.82) is 0 Å². The molecule has 4 N–H and O–H groups in total. The number of hydrogen-bond acceptors (Lipinski definition) is 3. The van der Waals surface area contributed by atoms with Gasteiger partial charge in [0.1, 0.15) is 11.5 Å². The molecule has 100 valence electrons. The van der Waals surface area contributed by atoms with Crippen molar-refractivity contribution in [3.05, 3.63) is 59.7 Å². The van der Waals surface area contributed by atoms with Crippen LogP contribution in [-0.4, -0.2) is 16.8 Å². The van der Waals surface area contributed by atoms with Crippen molar-refractivity contribution in [2.24, 2.45) is 5.73 Å². The van der Waals surface area contributed by atoms with E-state index in [0.29, 0.717) is 6.54 Å². The second-order valence-corrected chi connectivity index (χ2v) is 4.67. The second-order valence-electron chi connectivity index (χ2n) is 4.67. The van der Waals surface area contributed by atoms with E-state index in [4.69, 9.17) is 5.73 Å². The average Bonchev–Trinajstić information content (AvgIpc) is 2.43. The molecule has 0 aromatic heterocycles. The van der Waals surface area contributed by atoms with Crippen LogP contribution in [0.3, 0.4) is 0 Å². The summed E-state index contributed by atoms with van der Waals surface area (Å²) in [5.74, 6) is 0.781. The Bertz CT molecular complexity index is 460. The summed E-state index contributed by atoms with van der Waals surface area (Å²) in [6.45, 7) is 0.659. The van der Waals surface area contributed by atoms with Gasteiger partial charge >= 0.3 is 0 Å². The van der Waals surface area contributed by atoms with E-state index >= 15 is 0 Å². The zero-order valence-electron chi connectivity index (χ0n) is 10.8. The molecule has 19 heavy (non-hydrogen) atoms. The quantitative estimate of drug-likeness (QED) is 0.771. The third kappa shape index (κ3) is 3.48. The fourth-order valence-electron chi connectivity index (χ4n) is 2.26. The normalized spacial score (nSPS) is 10.8. The topological polar surface area (TPSA) is 66.5 Å². The summed E-state index contributed by atoms with van der Waals surface area (Å²) in [6, 6.07) is 14.5. The lowest BCUT2D eigenvalue weighted by Gasteiger charge is -2.18. The van der Waals surface area contributed by atoms with Gasteiger partial charge in [-0.2, -0.15) is 0 Å². The Morgan fingerprint density at radius 1 is 0.789 bits per heavy atom. The molecule has 2 aromatic carbocycles. The van der Waals surface area contributed by atoms with Crippen molar-refractivity contribution in [3.63, 3.8) is 0 Å². The minimum atomic E-state index is 0.241. The molecule has 0 atom stereocenters. The standard InChI is InChI=1S/C16H19NO2/c17-11-1-2-16(12-3-7-14(18)8-4-12)13-5-9-15(19)10-6-13/h3-10,16,18-19H,1-2,11,17H2. The van der Waals surface area contributed by atoms with E-state index in [1.54, 1.807) is 24.3 Å². The molecule has 0 radical (unpaired) electrons. The number of phenolic OH excluding ortho intramolecular Hbond substituents is 2. The number of hydrogen-bond donors (Lipinski definition) is 3. The maximum Gasteiger partial charge on any atom is 0.115 e. The molecular formula is C16H19NO2. The number of rotatable bonds is 5. The van der Waals surface area contributed by atoms with E-state index in [-0.39, 0.29) is 17.4 Å². The summed E-state index contributed by atoms with van der Waals surface area (Å²) in [7, 11) is 0. The lowest BCUT2D eigenvalue weighted by atomic mass is 9.87. The van der Waals surface area contributed by atoms with E-state index in [9.17, 15) is 10.2 Å². The highest BCUT2D eigenvalue weighted by molar-refractivity contribution is 5.37. The summed E-state index contributed by atoms with van der Waals surface area (Å²) in [6.07, 6.45) is 1.89. The molecule has 2 rings (SSSR count). The van der Waals surface area contributed by atoms with Crippen molar-refractivity contribution in [3.8, 4) is 11.5 Å². The maximum absolute atomic E-state index is 9.37. The lowest BCUT2D eigenvalue weighted by Crippen LogP contribution is -2.05. The molecule has 0 bridgehead atoms. The van der Waals surface area contributed by atoms with Crippen LogP contribution in [0.15, 0.2) is 48.5 Å². The highest BCUT2D eigenvalue weighted by atomic mass is 16.3. The van der Waals surface area contributed by atoms with Gasteiger partial charge in [0.25, 0.3) is 0 Å². The molecular weight excluding hydrogens is 238 g/mol. The van der Waals surface area contributed by atoms with Crippen LogP contribution >= 0.6 is 0 Å². The molecule has 0 fully saturated rings. The minimum absolute atomic E-state index is 0.241. The van der Waals surface area contributed by atoms with Crippen LogP contribution in [-0.2, 0) is 0 Å². The summed E-state index contributed by atoms with van der Waals surface area (Å²) >= 11 is 0. The van der Waals surface area contributed by atoms with Crippen molar-refractivity contribution in [2.45, 2.75) is 18.8 Å². The molecule has 0 amide bonds. The van der Waals surface area contributed by atoms with Gasteiger partial charge in [0.05, 0.1) is 0 Å². The largest absolute Gasteiger partial charge is 0.508 e. The van der Waals surface area contributed by atoms with Gasteiger partial charge in [-0.3, -0.25) is 0 Å². The third-order valence-electron chi connectivity index (χ3n) is 3.29. The summed E-state index contributed by atoms with van der Waals surface area (Å²) in [4.78, 5) is 0. The van der Waals surface area contributed by atoms with E-state index in [0.717, 1.165) is 24.0 Å². The van der Waals surface area contributed by atoms with Gasteiger partial charge in [-0.05, 0) is 54.8 Å². The average molecular weight is 257 g/mol. The van der Waals surface area contributed by atoms with Crippen LogP contribution in [0.1, 0.15) is 29.9 Å². The zero-order chi connectivity index (χ0) is 13.7. The molecule has 0 aliphatic rings. The van der Waals surface area contributed by atoms with Crippen molar-refractivity contribution < 1.29 is 10.2 Å². The van der Waals surface area contributed by atoms with Gasteiger partial charge in [0, 0.05) is 5.92 Å². The summed E-state index contributed by atoms with van der Waals surface area (Å²) < 4.78 is 0. The van der Waals surface area contributed by atoms with Crippen LogP contribution in [0.25, 0.3) is 0 Å². The Morgan fingerprint density at radius 2 is 1.21 bits per heavy atom. The van der Waals surface area contributed by atoms with E-state index in [1.165, 1.54) is 0 Å². The van der Waals surface area contributed by atoms with Crippen molar-refractivity contribution in [2.75, 3.05) is 6.54 Å². The lowest BCUT2D eigenvalue weighted by molar-refractivity contribution is 0.475. The first-order chi connectivity index (χ1) is 9.20. The number of benzene rings is 2. The summed E-state index contributed by atoms with van der Waals surface area (Å²) in [5.41, 5.74) is 7.90. The minimum Gasteiger partial charge on any atom is -0.508 e. The first kappa shape index (κ1) is 13.4. The van der Waals surface area contributed by atoms with Gasteiger partial charge < -0.3 is 15.9 Å². The van der Waals surface area contributed by atoms with E-state index in [2.05, 4.69) is 0 Å². The molecule has 3 heteroatoms. The number of phenols is 2. The van der Waals surface area contributed by atoms with Gasteiger partial charge in [-0.15, -0.1) is 0 Å². The third-order valence-corrected chi connectivity index (χ3v) is 3.29. The molecule has 0 unspecified atom stereocenters. The molecule has 0 aliphatic heterocycles. The monoisotopic (exact) mass is 257 g/mol. The smallest absolute Gasteiger partial charge is 0.115 e. The Morgan fingerprint density at radius 3 is 1.58 bits per heavy atom. The molecule has 0 saturated carbocycles. The van der Waals surface area contributed by atoms with Gasteiger partial charge in [0.2, 0.25) is 0 Å². The second kappa shape index (κ2) is 6.25. The number of aromatic hydroxyl groups is 2. The zero-order valence-corrected chi connectivity index (χ0v) is 10.8. The van der Waals surface area contributed by atoms with Crippen LogP contribution in [0.4, 0.5) is 0 Å². The van der Waals surface area contributed by atoms with Crippen LogP contribution in [0, 0.1) is 0 Å². The fraction of sp³-hybridized carbons (Fsp3) is 0.250. The van der Waals surface area contributed by atoms with Crippen LogP contribution in [0.5, 0.6) is 11.5 Å². The Kier molecular flexibility index (Phi) is 4.42. The Hall–Kier alpha value is -2.00. The molecule has 0 heterocycles. The van der Waals surface area contributed by atoms with E-state index in [1.807, 2.05) is 24.3 Å². The molecule has 2 aromatic rings. The predicted octanol–water partition coefficient (Wildman–Crippen LogP) is 2.97. The van der Waals surface area contributed by atoms with Crippen molar-refractivity contribution >= 4 is 0 Å². The van der Waals surface area contributed by atoms with Gasteiger partial charge in [-0.1, -0.05) is 24.3 Å².